The van der Waals surface area contributed by atoms with Gasteiger partial charge in [0.1, 0.15) is 0 Å². The number of thiophene rings is 1. The molecule has 0 atom stereocenters. The van der Waals surface area contributed by atoms with E-state index in [1.165, 1.54) is 22.0 Å². The number of carbonyl (C=O) groups excluding carboxylic acids is 1. The fourth-order valence-corrected chi connectivity index (χ4v) is 4.91. The molecule has 27 heavy (non-hydrogen) atoms. The highest BCUT2D eigenvalue weighted by atomic mass is 32.2. The second kappa shape index (κ2) is 8.94. The van der Waals surface area contributed by atoms with Crippen molar-refractivity contribution >= 4 is 33.0 Å². The lowest BCUT2D eigenvalue weighted by Crippen LogP contribution is -2.40. The maximum atomic E-state index is 12.6. The number of anilines is 1. The molecule has 9 heteroatoms. The Balaban J connectivity index is 1.56. The van der Waals surface area contributed by atoms with Gasteiger partial charge in [-0.1, -0.05) is 0 Å². The van der Waals surface area contributed by atoms with Crippen molar-refractivity contribution < 1.29 is 17.9 Å². The molecule has 1 amide bonds. The molecule has 0 radical (unpaired) electrons. The second-order valence-corrected chi connectivity index (χ2v) is 9.11. The molecule has 1 saturated heterocycles. The first-order valence-corrected chi connectivity index (χ1v) is 11.0. The van der Waals surface area contributed by atoms with E-state index in [2.05, 4.69) is 10.7 Å². The molecule has 0 saturated carbocycles. The van der Waals surface area contributed by atoms with Gasteiger partial charge in [0.15, 0.2) is 0 Å². The van der Waals surface area contributed by atoms with Crippen LogP contribution >= 0.6 is 11.3 Å². The monoisotopic (exact) mass is 409 g/mol. The summed E-state index contributed by atoms with van der Waals surface area (Å²) in [5.41, 5.74) is 1.75. The minimum atomic E-state index is -3.52. The number of likely N-dealkylation sites (N-methyl/N-ethyl adjacent to an activating group) is 1. The van der Waals surface area contributed by atoms with Crippen molar-refractivity contribution in [2.45, 2.75) is 11.4 Å². The maximum absolute atomic E-state index is 12.6. The van der Waals surface area contributed by atoms with Gasteiger partial charge in [0.05, 0.1) is 24.7 Å². The Hall–Kier alpha value is -1.78. The number of rotatable bonds is 7. The molecule has 1 aliphatic rings. The van der Waals surface area contributed by atoms with E-state index in [4.69, 9.17) is 4.74 Å². The first-order chi connectivity index (χ1) is 12.9. The lowest BCUT2D eigenvalue weighted by molar-refractivity contribution is -0.117. The average molecular weight is 410 g/mol. The third-order valence-electron chi connectivity index (χ3n) is 4.19. The van der Waals surface area contributed by atoms with Gasteiger partial charge < -0.3 is 10.1 Å². The molecule has 0 bridgehead atoms. The molecule has 1 fully saturated rings. The van der Waals surface area contributed by atoms with Gasteiger partial charge in [-0.15, -0.1) is 0 Å². The molecule has 0 aliphatic carbocycles. The van der Waals surface area contributed by atoms with Crippen molar-refractivity contribution in [1.29, 1.82) is 0 Å². The summed E-state index contributed by atoms with van der Waals surface area (Å²) in [5.74, 6) is -0.142. The van der Waals surface area contributed by atoms with Crippen LogP contribution in [0.15, 0.2) is 46.0 Å². The molecule has 1 N–H and O–H groups in total. The van der Waals surface area contributed by atoms with Crippen molar-refractivity contribution in [3.63, 3.8) is 0 Å². The highest BCUT2D eigenvalue weighted by Crippen LogP contribution is 2.19. The SMILES string of the molecule is CN(CC(=O)Nc1ccc(S(=O)(=O)N2CCOCC2)cc1)Cc1ccsc1. The summed E-state index contributed by atoms with van der Waals surface area (Å²) in [6, 6.07) is 8.31. The molecule has 1 aromatic heterocycles. The molecular weight excluding hydrogens is 386 g/mol. The summed E-state index contributed by atoms with van der Waals surface area (Å²) >= 11 is 1.63. The molecule has 0 spiro atoms. The number of benzene rings is 1. The van der Waals surface area contributed by atoms with Gasteiger partial charge in [-0.05, 0) is 53.7 Å². The molecule has 1 aliphatic heterocycles. The van der Waals surface area contributed by atoms with Gasteiger partial charge in [-0.3, -0.25) is 9.69 Å². The predicted octanol–water partition coefficient (Wildman–Crippen LogP) is 1.84. The van der Waals surface area contributed by atoms with Crippen LogP contribution in [0, 0.1) is 0 Å². The number of amides is 1. The highest BCUT2D eigenvalue weighted by Gasteiger charge is 2.26. The van der Waals surface area contributed by atoms with E-state index in [1.54, 1.807) is 23.5 Å². The standard InChI is InChI=1S/C18H23N3O4S2/c1-20(12-15-6-11-26-14-15)13-18(22)19-16-2-4-17(5-3-16)27(23,24)21-7-9-25-10-8-21/h2-6,11,14H,7-10,12-13H2,1H3,(H,19,22). The first kappa shape index (κ1) is 20.0. The third-order valence-corrected chi connectivity index (χ3v) is 6.84. The quantitative estimate of drug-likeness (QED) is 0.755. The van der Waals surface area contributed by atoms with Crippen LogP contribution in [-0.4, -0.2) is 63.4 Å². The zero-order valence-electron chi connectivity index (χ0n) is 15.1. The largest absolute Gasteiger partial charge is 0.379 e. The highest BCUT2D eigenvalue weighted by molar-refractivity contribution is 7.89. The Kier molecular flexibility index (Phi) is 6.61. The van der Waals surface area contributed by atoms with Crippen LogP contribution in [0.3, 0.4) is 0 Å². The molecule has 0 unspecified atom stereocenters. The average Bonchev–Trinajstić information content (AvgIpc) is 3.15. The summed E-state index contributed by atoms with van der Waals surface area (Å²) in [5, 5.41) is 6.87. The lowest BCUT2D eigenvalue weighted by Gasteiger charge is -2.26. The number of sulfonamides is 1. The van der Waals surface area contributed by atoms with E-state index >= 15 is 0 Å². The Morgan fingerprint density at radius 2 is 1.93 bits per heavy atom. The molecule has 146 valence electrons. The first-order valence-electron chi connectivity index (χ1n) is 8.62. The number of nitrogens with one attached hydrogen (secondary N) is 1. The van der Waals surface area contributed by atoms with Gasteiger partial charge in [0.2, 0.25) is 15.9 Å². The van der Waals surface area contributed by atoms with Crippen molar-refractivity contribution in [1.82, 2.24) is 9.21 Å². The Morgan fingerprint density at radius 1 is 1.22 bits per heavy atom. The van der Waals surface area contributed by atoms with Crippen LogP contribution < -0.4 is 5.32 Å². The van der Waals surface area contributed by atoms with Crippen molar-refractivity contribution in [3.05, 3.63) is 46.7 Å². The zero-order valence-corrected chi connectivity index (χ0v) is 16.8. The Morgan fingerprint density at radius 3 is 2.56 bits per heavy atom. The Bertz CT molecular complexity index is 845. The van der Waals surface area contributed by atoms with E-state index in [1.807, 2.05) is 23.4 Å². The lowest BCUT2D eigenvalue weighted by atomic mass is 10.3. The minimum absolute atomic E-state index is 0.142. The number of ether oxygens (including phenoxy) is 1. The fourth-order valence-electron chi connectivity index (χ4n) is 2.84. The van der Waals surface area contributed by atoms with Gasteiger partial charge in [0, 0.05) is 25.3 Å². The van der Waals surface area contributed by atoms with E-state index in [0.717, 1.165) is 0 Å². The van der Waals surface area contributed by atoms with Crippen molar-refractivity contribution in [2.24, 2.45) is 0 Å². The van der Waals surface area contributed by atoms with E-state index < -0.39 is 10.0 Å². The predicted molar refractivity (Wildman–Crippen MR) is 105 cm³/mol. The van der Waals surface area contributed by atoms with E-state index in [9.17, 15) is 13.2 Å². The minimum Gasteiger partial charge on any atom is -0.379 e. The number of morpholine rings is 1. The zero-order chi connectivity index (χ0) is 19.3. The molecule has 2 heterocycles. The number of nitrogens with zero attached hydrogens (tertiary/aromatic N) is 2. The van der Waals surface area contributed by atoms with Crippen molar-refractivity contribution in [2.75, 3.05) is 45.2 Å². The third kappa shape index (κ3) is 5.36. The van der Waals surface area contributed by atoms with Gasteiger partial charge in [-0.25, -0.2) is 8.42 Å². The topological polar surface area (TPSA) is 79.0 Å². The second-order valence-electron chi connectivity index (χ2n) is 6.39. The fraction of sp³-hybridized carbons (Fsp3) is 0.389. The molecule has 1 aromatic carbocycles. The molecular formula is C18H23N3O4S2. The summed E-state index contributed by atoms with van der Waals surface area (Å²) in [6.07, 6.45) is 0. The van der Waals surface area contributed by atoms with E-state index in [-0.39, 0.29) is 17.3 Å². The van der Waals surface area contributed by atoms with Crippen LogP contribution in [-0.2, 0) is 26.1 Å². The molecule has 7 nitrogen and oxygen atoms in total. The summed E-state index contributed by atoms with van der Waals surface area (Å²) in [4.78, 5) is 14.3. The van der Waals surface area contributed by atoms with E-state index in [0.29, 0.717) is 38.5 Å². The number of hydrogen-bond acceptors (Lipinski definition) is 6. The smallest absolute Gasteiger partial charge is 0.243 e. The molecule has 2 aromatic rings. The van der Waals surface area contributed by atoms with Crippen molar-refractivity contribution in [3.8, 4) is 0 Å². The van der Waals surface area contributed by atoms with Crippen LogP contribution in [0.2, 0.25) is 0 Å². The van der Waals surface area contributed by atoms with Gasteiger partial charge >= 0.3 is 0 Å². The van der Waals surface area contributed by atoms with Gasteiger partial charge in [0.25, 0.3) is 0 Å². The van der Waals surface area contributed by atoms with Crippen LogP contribution in [0.4, 0.5) is 5.69 Å². The normalized spacial score (nSPS) is 15.8. The van der Waals surface area contributed by atoms with Crippen LogP contribution in [0.5, 0.6) is 0 Å². The summed E-state index contributed by atoms with van der Waals surface area (Å²) in [6.45, 7) is 2.49. The van der Waals surface area contributed by atoms with Crippen LogP contribution in [0.25, 0.3) is 0 Å². The number of carbonyl (C=O) groups is 1. The van der Waals surface area contributed by atoms with Gasteiger partial charge in [-0.2, -0.15) is 15.6 Å². The summed E-state index contributed by atoms with van der Waals surface area (Å²) in [7, 11) is -1.64. The maximum Gasteiger partial charge on any atom is 0.243 e. The Labute approximate surface area is 163 Å². The number of hydrogen-bond donors (Lipinski definition) is 1. The van der Waals surface area contributed by atoms with Crippen LogP contribution in [0.1, 0.15) is 5.56 Å². The summed E-state index contributed by atoms with van der Waals surface area (Å²) < 4.78 is 31.8. The molecule has 3 rings (SSSR count).